The van der Waals surface area contributed by atoms with Gasteiger partial charge < -0.3 is 23.7 Å². The van der Waals surface area contributed by atoms with Crippen molar-refractivity contribution >= 4 is 17.3 Å². The summed E-state index contributed by atoms with van der Waals surface area (Å²) in [7, 11) is 0. The molecule has 176 valence electrons. The Hall–Kier alpha value is -3.45. The van der Waals surface area contributed by atoms with E-state index in [2.05, 4.69) is 28.0 Å². The van der Waals surface area contributed by atoms with Gasteiger partial charge in [0, 0.05) is 38.4 Å². The van der Waals surface area contributed by atoms with Crippen LogP contribution in [-0.2, 0) is 6.42 Å². The van der Waals surface area contributed by atoms with E-state index in [-0.39, 0.29) is 11.9 Å². The number of fused-ring (bicyclic) bond motifs is 2. The number of anilines is 2. The van der Waals surface area contributed by atoms with E-state index in [1.54, 1.807) is 18.4 Å². The number of aryl methyl sites for hydroxylation is 1. The molecule has 3 aromatic rings. The van der Waals surface area contributed by atoms with Crippen LogP contribution < -0.4 is 19.3 Å². The number of ether oxygens (including phenoxy) is 2. The smallest absolute Gasteiger partial charge is 0.294 e. The van der Waals surface area contributed by atoms with Crippen LogP contribution in [0.5, 0.6) is 11.5 Å². The maximum atomic E-state index is 13.4. The zero-order chi connectivity index (χ0) is 22.9. The molecule has 0 spiro atoms. The third kappa shape index (κ3) is 3.90. The zero-order valence-corrected chi connectivity index (χ0v) is 19.2. The Morgan fingerprint density at radius 1 is 0.882 bits per heavy atom. The first-order valence-electron chi connectivity index (χ1n) is 12.1. The molecule has 1 unspecified atom stereocenters. The van der Waals surface area contributed by atoms with E-state index in [1.165, 1.54) is 5.56 Å². The molecule has 1 atom stereocenters. The van der Waals surface area contributed by atoms with Crippen LogP contribution in [-0.4, -0.2) is 62.8 Å². The van der Waals surface area contributed by atoms with Crippen molar-refractivity contribution in [2.24, 2.45) is 0 Å². The minimum atomic E-state index is -0.0613. The second kappa shape index (κ2) is 9.06. The lowest BCUT2D eigenvalue weighted by molar-refractivity contribution is 0.0936. The largest absolute Gasteiger partial charge is 0.486 e. The number of hydrogen-bond donors (Lipinski definition) is 0. The highest BCUT2D eigenvalue weighted by atomic mass is 16.6. The van der Waals surface area contributed by atoms with Crippen molar-refractivity contribution in [3.05, 3.63) is 72.2 Å². The number of nitrogens with zero attached hydrogens (tertiary/aromatic N) is 3. The van der Waals surface area contributed by atoms with Crippen LogP contribution in [0, 0.1) is 0 Å². The highest BCUT2D eigenvalue weighted by molar-refractivity contribution is 6.05. The van der Waals surface area contributed by atoms with E-state index in [0.717, 1.165) is 68.4 Å². The maximum Gasteiger partial charge on any atom is 0.294 e. The Bertz CT molecular complexity index is 1150. The average Bonchev–Trinajstić information content (AvgIpc) is 3.44. The van der Waals surface area contributed by atoms with Crippen molar-refractivity contribution < 1.29 is 18.7 Å². The summed E-state index contributed by atoms with van der Waals surface area (Å²) in [6.07, 6.45) is 3.49. The lowest BCUT2D eigenvalue weighted by Crippen LogP contribution is -2.54. The highest BCUT2D eigenvalue weighted by Crippen LogP contribution is 2.40. The first-order valence-corrected chi connectivity index (χ1v) is 12.1. The number of carbonyl (C=O) groups excluding carboxylic acids is 1. The molecule has 1 saturated heterocycles. The van der Waals surface area contributed by atoms with Gasteiger partial charge in [-0.05, 0) is 48.7 Å². The van der Waals surface area contributed by atoms with Crippen molar-refractivity contribution in [1.82, 2.24) is 4.90 Å². The molecule has 0 bridgehead atoms. The second-order valence-electron chi connectivity index (χ2n) is 9.06. The molecule has 34 heavy (non-hydrogen) atoms. The van der Waals surface area contributed by atoms with E-state index in [4.69, 9.17) is 13.9 Å². The van der Waals surface area contributed by atoms with E-state index in [0.29, 0.717) is 19.0 Å². The summed E-state index contributed by atoms with van der Waals surface area (Å²) in [4.78, 5) is 20.2. The number of rotatable bonds is 4. The summed E-state index contributed by atoms with van der Waals surface area (Å²) in [5.74, 6) is 2.02. The Labute approximate surface area is 199 Å². The van der Waals surface area contributed by atoms with Crippen molar-refractivity contribution in [2.75, 3.05) is 55.7 Å². The average molecular weight is 460 g/mol. The van der Waals surface area contributed by atoms with Crippen molar-refractivity contribution in [1.29, 1.82) is 0 Å². The molecular weight excluding hydrogens is 430 g/mol. The molecule has 6 rings (SSSR count). The lowest BCUT2D eigenvalue weighted by atomic mass is 9.94. The fourth-order valence-corrected chi connectivity index (χ4v) is 5.35. The number of furan rings is 1. The minimum absolute atomic E-state index is 0.0613. The molecule has 3 aliphatic rings. The van der Waals surface area contributed by atoms with E-state index >= 15 is 0 Å². The number of piperazine rings is 1. The number of hydrogen-bond acceptors (Lipinski definition) is 6. The Morgan fingerprint density at radius 2 is 1.71 bits per heavy atom. The number of benzene rings is 2. The van der Waals surface area contributed by atoms with Gasteiger partial charge in [0.05, 0.1) is 18.0 Å². The standard InChI is InChI=1S/C27H29N3O4/c31-27(25-9-4-16-32-25)30-21(11-10-20-5-1-2-6-22(20)30)19-28-12-14-29(15-13-28)23-7-3-8-24-26(23)34-18-17-33-24/h1-9,16,21H,10-15,17-19H2. The summed E-state index contributed by atoms with van der Waals surface area (Å²) in [5, 5.41) is 0. The molecular formula is C27H29N3O4. The summed E-state index contributed by atoms with van der Waals surface area (Å²) in [6, 6.07) is 18.0. The molecule has 0 saturated carbocycles. The summed E-state index contributed by atoms with van der Waals surface area (Å²) < 4.78 is 17.2. The fourth-order valence-electron chi connectivity index (χ4n) is 5.35. The monoisotopic (exact) mass is 459 g/mol. The van der Waals surface area contributed by atoms with Gasteiger partial charge in [-0.3, -0.25) is 9.69 Å². The summed E-state index contributed by atoms with van der Waals surface area (Å²) in [5.41, 5.74) is 3.34. The van der Waals surface area contributed by atoms with E-state index < -0.39 is 0 Å². The van der Waals surface area contributed by atoms with Crippen molar-refractivity contribution in [3.63, 3.8) is 0 Å². The third-order valence-corrected chi connectivity index (χ3v) is 7.04. The molecule has 0 radical (unpaired) electrons. The molecule has 1 fully saturated rings. The van der Waals surface area contributed by atoms with Gasteiger partial charge in [-0.25, -0.2) is 0 Å². The summed E-state index contributed by atoms with van der Waals surface area (Å²) >= 11 is 0. The number of para-hydroxylation sites is 2. The van der Waals surface area contributed by atoms with E-state index in [1.807, 2.05) is 29.2 Å². The molecule has 7 nitrogen and oxygen atoms in total. The van der Waals surface area contributed by atoms with Gasteiger partial charge >= 0.3 is 0 Å². The second-order valence-corrected chi connectivity index (χ2v) is 9.06. The van der Waals surface area contributed by atoms with Gasteiger partial charge in [-0.15, -0.1) is 0 Å². The van der Waals surface area contributed by atoms with Gasteiger partial charge in [-0.2, -0.15) is 0 Å². The first kappa shape index (κ1) is 21.1. The predicted octanol–water partition coefficient (Wildman–Crippen LogP) is 3.83. The molecule has 2 aromatic carbocycles. The van der Waals surface area contributed by atoms with Crippen molar-refractivity contribution in [3.8, 4) is 11.5 Å². The normalized spacial score (nSPS) is 20.2. The van der Waals surface area contributed by atoms with Crippen LogP contribution in [0.25, 0.3) is 0 Å². The third-order valence-electron chi connectivity index (χ3n) is 7.04. The quantitative estimate of drug-likeness (QED) is 0.591. The zero-order valence-electron chi connectivity index (χ0n) is 19.2. The van der Waals surface area contributed by atoms with Crippen LogP contribution in [0.15, 0.2) is 65.3 Å². The van der Waals surface area contributed by atoms with Gasteiger partial charge in [0.15, 0.2) is 17.3 Å². The molecule has 3 aliphatic heterocycles. The minimum Gasteiger partial charge on any atom is -0.486 e. The molecule has 1 aromatic heterocycles. The van der Waals surface area contributed by atoms with Crippen LogP contribution in [0.1, 0.15) is 22.5 Å². The Morgan fingerprint density at radius 3 is 2.56 bits per heavy atom. The molecule has 1 amide bonds. The number of carbonyl (C=O) groups is 1. The Balaban J connectivity index is 1.17. The van der Waals surface area contributed by atoms with Gasteiger partial charge in [0.2, 0.25) is 0 Å². The van der Waals surface area contributed by atoms with Crippen LogP contribution in [0.3, 0.4) is 0 Å². The fraction of sp³-hybridized carbons (Fsp3) is 0.370. The van der Waals surface area contributed by atoms with Crippen molar-refractivity contribution in [2.45, 2.75) is 18.9 Å². The molecule has 0 aliphatic carbocycles. The Kier molecular flexibility index (Phi) is 5.63. The molecule has 4 heterocycles. The lowest BCUT2D eigenvalue weighted by Gasteiger charge is -2.42. The van der Waals surface area contributed by atoms with Gasteiger partial charge in [0.25, 0.3) is 5.91 Å². The van der Waals surface area contributed by atoms with Gasteiger partial charge in [0.1, 0.15) is 13.2 Å². The SMILES string of the molecule is O=C(c1ccco1)N1c2ccccc2CCC1CN1CCN(c2cccc3c2OCCO3)CC1. The highest BCUT2D eigenvalue weighted by Gasteiger charge is 2.34. The summed E-state index contributed by atoms with van der Waals surface area (Å²) in [6.45, 7) is 5.73. The van der Waals surface area contributed by atoms with Crippen LogP contribution in [0.2, 0.25) is 0 Å². The molecule has 0 N–H and O–H groups in total. The molecule has 7 heteroatoms. The van der Waals surface area contributed by atoms with Crippen LogP contribution in [0.4, 0.5) is 11.4 Å². The van der Waals surface area contributed by atoms with E-state index in [9.17, 15) is 4.79 Å². The first-order chi connectivity index (χ1) is 16.8. The topological polar surface area (TPSA) is 58.4 Å². The predicted molar refractivity (Wildman–Crippen MR) is 130 cm³/mol. The van der Waals surface area contributed by atoms with Crippen LogP contribution >= 0.6 is 0 Å². The maximum absolute atomic E-state index is 13.4. The number of amides is 1. The van der Waals surface area contributed by atoms with Gasteiger partial charge in [-0.1, -0.05) is 24.3 Å².